The summed E-state index contributed by atoms with van der Waals surface area (Å²) in [5.41, 5.74) is 0. The predicted molar refractivity (Wildman–Crippen MR) is 424 cm³/mol. The van der Waals surface area contributed by atoms with Crippen LogP contribution in [-0.4, -0.2) is 70.0 Å². The molecule has 0 aromatic rings. The Bertz CT molecular complexity index is 2120. The number of ether oxygens (including phenoxy) is 2. The topological polar surface area (TPSA) is 111 Å². The van der Waals surface area contributed by atoms with E-state index in [0.717, 1.165) is 109 Å². The lowest BCUT2D eigenvalue weighted by molar-refractivity contribution is -0.870. The second kappa shape index (κ2) is 77.3. The molecule has 98 heavy (non-hydrogen) atoms. The SMILES string of the molecule is CC/C=C\C/C=C\C/C=C\C/C=C\C/C=C\C/C=C\C/C=C\C/C=C\CCCCCCCCCCC(=O)OC(COC(=O)CCCCCCCCCCCCCCCCCCCCCCCCCCCC/C=C\C/C=C\C/C=C\CCCCCCC)COP(=O)([O-])OCC[N+](C)(C)C. The van der Waals surface area contributed by atoms with Crippen molar-refractivity contribution >= 4 is 19.8 Å². The maximum absolute atomic E-state index is 12.9. The van der Waals surface area contributed by atoms with Gasteiger partial charge in [-0.25, -0.2) is 0 Å². The molecule has 0 aromatic heterocycles. The molecule has 0 aliphatic heterocycles. The number of allylic oxidation sites excluding steroid dienone is 22. The highest BCUT2D eigenvalue weighted by molar-refractivity contribution is 7.45. The fraction of sp³-hybridized carbons (Fsp3) is 0.727. The van der Waals surface area contributed by atoms with Crippen LogP contribution in [0.25, 0.3) is 0 Å². The van der Waals surface area contributed by atoms with Crippen molar-refractivity contribution in [2.75, 3.05) is 47.5 Å². The quantitative estimate of drug-likeness (QED) is 0.0195. The number of carbonyl (C=O) groups is 2. The molecule has 2 unspecified atom stereocenters. The number of unbranched alkanes of at least 4 members (excludes halogenated alkanes) is 39. The van der Waals surface area contributed by atoms with E-state index in [-0.39, 0.29) is 32.0 Å². The molecule has 564 valence electrons. The number of phosphoric ester groups is 1. The highest BCUT2D eigenvalue weighted by atomic mass is 31.2. The van der Waals surface area contributed by atoms with E-state index in [2.05, 4.69) is 148 Å². The summed E-state index contributed by atoms with van der Waals surface area (Å²) < 4.78 is 34.4. The highest BCUT2D eigenvalue weighted by Gasteiger charge is 2.22. The minimum atomic E-state index is -4.66. The van der Waals surface area contributed by atoms with E-state index in [0.29, 0.717) is 17.4 Å². The fourth-order valence-electron chi connectivity index (χ4n) is 11.4. The molecule has 0 fully saturated rings. The maximum atomic E-state index is 12.9. The third kappa shape index (κ3) is 81.1. The van der Waals surface area contributed by atoms with Crippen LogP contribution < -0.4 is 4.89 Å². The number of nitrogens with zero attached hydrogens (tertiary/aromatic N) is 1. The van der Waals surface area contributed by atoms with Crippen LogP contribution in [0.3, 0.4) is 0 Å². The molecule has 2 atom stereocenters. The van der Waals surface area contributed by atoms with Gasteiger partial charge in [-0.2, -0.15) is 0 Å². The van der Waals surface area contributed by atoms with E-state index in [1.165, 1.54) is 218 Å². The van der Waals surface area contributed by atoms with Gasteiger partial charge in [-0.05, 0) is 116 Å². The molecule has 0 amide bonds. The summed E-state index contributed by atoms with van der Waals surface area (Å²) in [6.07, 6.45) is 113. The van der Waals surface area contributed by atoms with Gasteiger partial charge in [0.25, 0.3) is 7.82 Å². The third-order valence-electron chi connectivity index (χ3n) is 17.7. The molecule has 0 spiro atoms. The van der Waals surface area contributed by atoms with Crippen LogP contribution in [0.2, 0.25) is 0 Å². The Morgan fingerprint density at radius 1 is 0.327 bits per heavy atom. The van der Waals surface area contributed by atoms with Gasteiger partial charge in [0, 0.05) is 12.8 Å². The summed E-state index contributed by atoms with van der Waals surface area (Å²) in [6, 6.07) is 0. The number of rotatable bonds is 75. The summed E-state index contributed by atoms with van der Waals surface area (Å²) in [7, 11) is 1.16. The van der Waals surface area contributed by atoms with Crippen molar-refractivity contribution in [3.63, 3.8) is 0 Å². The second-order valence-corrected chi connectivity index (χ2v) is 29.8. The van der Waals surface area contributed by atoms with E-state index < -0.39 is 26.5 Å². The molecule has 0 saturated carbocycles. The molecule has 0 aliphatic rings. The van der Waals surface area contributed by atoms with Crippen LogP contribution in [0.15, 0.2) is 134 Å². The molecular weight excluding hydrogens is 1230 g/mol. The van der Waals surface area contributed by atoms with Gasteiger partial charge in [-0.3, -0.25) is 14.2 Å². The summed E-state index contributed by atoms with van der Waals surface area (Å²) in [4.78, 5) is 38.2. The van der Waals surface area contributed by atoms with Crippen molar-refractivity contribution in [1.82, 2.24) is 0 Å². The van der Waals surface area contributed by atoms with Gasteiger partial charge in [0.2, 0.25) is 0 Å². The second-order valence-electron chi connectivity index (χ2n) is 28.4. The van der Waals surface area contributed by atoms with Gasteiger partial charge >= 0.3 is 11.9 Å². The number of phosphoric acid groups is 1. The summed E-state index contributed by atoms with van der Waals surface area (Å²) in [6.45, 7) is 4.13. The largest absolute Gasteiger partial charge is 0.756 e. The number of carbonyl (C=O) groups excluding carboxylic acids is 2. The fourth-order valence-corrected chi connectivity index (χ4v) is 12.2. The van der Waals surface area contributed by atoms with Crippen LogP contribution >= 0.6 is 7.82 Å². The molecule has 0 aromatic carbocycles. The minimum Gasteiger partial charge on any atom is -0.756 e. The van der Waals surface area contributed by atoms with Gasteiger partial charge in [0.05, 0.1) is 27.7 Å². The average Bonchev–Trinajstić information content (AvgIpc) is 1.08. The van der Waals surface area contributed by atoms with E-state index in [9.17, 15) is 19.0 Å². The van der Waals surface area contributed by atoms with Crippen molar-refractivity contribution in [2.24, 2.45) is 0 Å². The normalized spacial score (nSPS) is 13.7. The number of hydrogen-bond acceptors (Lipinski definition) is 8. The molecule has 0 heterocycles. The first-order valence-corrected chi connectivity index (χ1v) is 42.4. The molecule has 9 nitrogen and oxygen atoms in total. The zero-order chi connectivity index (χ0) is 71.1. The summed E-state index contributed by atoms with van der Waals surface area (Å²) in [5.74, 6) is -0.836. The summed E-state index contributed by atoms with van der Waals surface area (Å²) in [5, 5.41) is 0. The van der Waals surface area contributed by atoms with Crippen LogP contribution in [0.4, 0.5) is 0 Å². The van der Waals surface area contributed by atoms with Crippen LogP contribution in [0.1, 0.15) is 361 Å². The standard InChI is InChI=1S/C88H154NO8P/c1-6-8-10-12-14-16-18-20-22-24-26-28-30-32-34-36-38-40-41-42-43-44-45-46-47-49-50-52-54-56-58-60-62-64-66-68-70-72-74-76-78-80-87(90)94-84-86(85-96-98(92,93)95-83-82-89(3,4)5)97-88(91)81-79-77-75-73-71-69-67-65-63-61-59-57-55-53-51-48-39-37-35-33-31-29-27-25-23-21-19-17-15-13-11-9-7-2/h9,11,15,17-18,20-21,23-24,26-27,29-30,32-33,35,39,48,53,55,59,61,86H,6-8,10,12-14,16,19,22,25,28,31,34,36-38,40-47,49-52,54,56-58,60,62-85H2,1-5H3/b11-9-,17-15-,20-18-,23-21-,26-24-,29-27-,32-30-,35-33-,48-39-,55-53-,61-59-. The van der Waals surface area contributed by atoms with Crippen LogP contribution in [0.5, 0.6) is 0 Å². The van der Waals surface area contributed by atoms with E-state index in [4.69, 9.17) is 18.5 Å². The minimum absolute atomic E-state index is 0.0369. The number of hydrogen-bond donors (Lipinski definition) is 0. The number of likely N-dealkylation sites (N-methyl/N-ethyl adjacent to an activating group) is 1. The summed E-state index contributed by atoms with van der Waals surface area (Å²) >= 11 is 0. The molecule has 0 rings (SSSR count). The zero-order valence-electron chi connectivity index (χ0n) is 64.5. The monoisotopic (exact) mass is 1380 g/mol. The predicted octanol–water partition coefficient (Wildman–Crippen LogP) is 26.9. The lowest BCUT2D eigenvalue weighted by Gasteiger charge is -2.28. The van der Waals surface area contributed by atoms with Gasteiger partial charge < -0.3 is 27.9 Å². The van der Waals surface area contributed by atoms with Crippen LogP contribution in [0, 0.1) is 0 Å². The number of quaternary nitrogens is 1. The Morgan fingerprint density at radius 2 is 0.582 bits per heavy atom. The van der Waals surface area contributed by atoms with Crippen molar-refractivity contribution in [1.29, 1.82) is 0 Å². The Hall–Kier alpha value is -3.85. The van der Waals surface area contributed by atoms with E-state index in [1.54, 1.807) is 0 Å². The van der Waals surface area contributed by atoms with E-state index in [1.807, 2.05) is 21.1 Å². The van der Waals surface area contributed by atoms with Gasteiger partial charge in [0.1, 0.15) is 19.8 Å². The first-order valence-electron chi connectivity index (χ1n) is 40.9. The number of esters is 2. The Kier molecular flexibility index (Phi) is 74.3. The molecule has 0 N–H and O–H groups in total. The highest BCUT2D eigenvalue weighted by Crippen LogP contribution is 2.38. The molecular formula is C88H154NO8P. The van der Waals surface area contributed by atoms with E-state index >= 15 is 0 Å². The van der Waals surface area contributed by atoms with Crippen molar-refractivity contribution in [3.8, 4) is 0 Å². The van der Waals surface area contributed by atoms with Crippen molar-refractivity contribution in [3.05, 3.63) is 134 Å². The van der Waals surface area contributed by atoms with Crippen LogP contribution in [-0.2, 0) is 32.7 Å². The Balaban J connectivity index is 3.97. The Labute approximate surface area is 606 Å². The zero-order valence-corrected chi connectivity index (χ0v) is 65.3. The first-order chi connectivity index (χ1) is 48.0. The maximum Gasteiger partial charge on any atom is 0.306 e. The van der Waals surface area contributed by atoms with Gasteiger partial charge in [-0.15, -0.1) is 0 Å². The average molecular weight is 1390 g/mol. The van der Waals surface area contributed by atoms with Gasteiger partial charge in [-0.1, -0.05) is 366 Å². The van der Waals surface area contributed by atoms with Crippen molar-refractivity contribution < 1.29 is 42.1 Å². The molecule has 0 aliphatic carbocycles. The molecule has 0 saturated heterocycles. The lowest BCUT2D eigenvalue weighted by atomic mass is 10.0. The third-order valence-corrected chi connectivity index (χ3v) is 18.6. The molecule has 0 bridgehead atoms. The first kappa shape index (κ1) is 94.2. The molecule has 0 radical (unpaired) electrons. The smallest absolute Gasteiger partial charge is 0.306 e. The van der Waals surface area contributed by atoms with Crippen molar-refractivity contribution in [2.45, 2.75) is 367 Å². The van der Waals surface area contributed by atoms with Gasteiger partial charge in [0.15, 0.2) is 6.10 Å². The molecule has 10 heteroatoms. The Morgan fingerprint density at radius 3 is 0.867 bits per heavy atom. The lowest BCUT2D eigenvalue weighted by Crippen LogP contribution is -2.37.